The third kappa shape index (κ3) is 5.79. The molecule has 0 unspecified atom stereocenters. The largest absolute Gasteiger partial charge is 0.383 e. The molecule has 142 valence electrons. The van der Waals surface area contributed by atoms with Gasteiger partial charge in [-0.25, -0.2) is 0 Å². The summed E-state index contributed by atoms with van der Waals surface area (Å²) in [4.78, 5) is 34.3. The molecule has 3 N–H and O–H groups in total. The van der Waals surface area contributed by atoms with Gasteiger partial charge in [-0.05, 0) is 24.3 Å². The molecule has 0 aliphatic carbocycles. The Balaban J connectivity index is 2.26. The van der Waals surface area contributed by atoms with E-state index < -0.39 is 10.8 Å². The maximum absolute atomic E-state index is 12.7. The second-order valence-corrected chi connectivity index (χ2v) is 5.62. The third-order valence-electron chi connectivity index (χ3n) is 3.52. The predicted molar refractivity (Wildman–Crippen MR) is 102 cm³/mol. The van der Waals surface area contributed by atoms with Crippen LogP contribution in [0, 0.1) is 10.1 Å². The van der Waals surface area contributed by atoms with E-state index in [9.17, 15) is 19.7 Å². The normalized spacial score (nSPS) is 10.1. The minimum Gasteiger partial charge on any atom is -0.383 e. The van der Waals surface area contributed by atoms with E-state index in [-0.39, 0.29) is 17.2 Å². The predicted octanol–water partition coefficient (Wildman–Crippen LogP) is 2.86. The highest BCUT2D eigenvalue weighted by Crippen LogP contribution is 2.24. The minimum atomic E-state index is -0.562. The second-order valence-electron chi connectivity index (χ2n) is 5.62. The van der Waals surface area contributed by atoms with E-state index >= 15 is 0 Å². The van der Waals surface area contributed by atoms with Gasteiger partial charge >= 0.3 is 0 Å². The summed E-state index contributed by atoms with van der Waals surface area (Å²) in [6.45, 7) is 2.23. The van der Waals surface area contributed by atoms with E-state index in [1.165, 1.54) is 25.1 Å². The lowest BCUT2D eigenvalue weighted by molar-refractivity contribution is -0.384. The van der Waals surface area contributed by atoms with Gasteiger partial charge in [-0.3, -0.25) is 19.7 Å². The molecule has 0 bridgehead atoms. The number of anilines is 3. The highest BCUT2D eigenvalue weighted by atomic mass is 16.6. The molecule has 0 aromatic heterocycles. The Labute approximate surface area is 155 Å². The highest BCUT2D eigenvalue weighted by Gasteiger charge is 2.17. The summed E-state index contributed by atoms with van der Waals surface area (Å²) >= 11 is 0. The maximum atomic E-state index is 12.7. The van der Waals surface area contributed by atoms with E-state index in [0.717, 1.165) is 0 Å². The van der Waals surface area contributed by atoms with Crippen molar-refractivity contribution in [2.24, 2.45) is 0 Å². The molecule has 0 heterocycles. The van der Waals surface area contributed by atoms with Crippen LogP contribution >= 0.6 is 0 Å². The molecule has 2 aromatic carbocycles. The van der Waals surface area contributed by atoms with Gasteiger partial charge in [0.1, 0.15) is 0 Å². The summed E-state index contributed by atoms with van der Waals surface area (Å²) in [6.07, 6.45) is 0. The first-order chi connectivity index (χ1) is 12.9. The fraction of sp³-hybridized carbons (Fsp3) is 0.222. The molecule has 9 nitrogen and oxygen atoms in total. The molecule has 2 amide bonds. The quantitative estimate of drug-likeness (QED) is 0.372. The molecule has 27 heavy (non-hydrogen) atoms. The Morgan fingerprint density at radius 3 is 2.44 bits per heavy atom. The molecule has 0 aliphatic heterocycles. The third-order valence-corrected chi connectivity index (χ3v) is 3.52. The summed E-state index contributed by atoms with van der Waals surface area (Å²) in [5, 5.41) is 19.4. The fourth-order valence-electron chi connectivity index (χ4n) is 2.35. The zero-order valence-electron chi connectivity index (χ0n) is 14.9. The van der Waals surface area contributed by atoms with Crippen LogP contribution in [0.25, 0.3) is 0 Å². The van der Waals surface area contributed by atoms with Crippen molar-refractivity contribution in [3.63, 3.8) is 0 Å². The summed E-state index contributed by atoms with van der Waals surface area (Å²) in [5.41, 5.74) is 1.36. The summed E-state index contributed by atoms with van der Waals surface area (Å²) < 4.78 is 4.96. The van der Waals surface area contributed by atoms with Crippen LogP contribution in [-0.4, -0.2) is 37.0 Å². The maximum Gasteiger partial charge on any atom is 0.270 e. The van der Waals surface area contributed by atoms with Crippen LogP contribution in [0.5, 0.6) is 0 Å². The number of amides is 2. The van der Waals surface area contributed by atoms with Gasteiger partial charge in [0.05, 0.1) is 17.1 Å². The number of ether oxygens (including phenoxy) is 1. The number of carbonyl (C=O) groups is 2. The number of hydrogen-bond donors (Lipinski definition) is 3. The Bertz CT molecular complexity index is 853. The average molecular weight is 372 g/mol. The number of carbonyl (C=O) groups excluding carboxylic acids is 2. The molecule has 0 saturated heterocycles. The van der Waals surface area contributed by atoms with Crippen molar-refractivity contribution in [1.29, 1.82) is 0 Å². The summed E-state index contributed by atoms with van der Waals surface area (Å²) in [5.74, 6) is -0.750. The molecule has 0 spiro atoms. The minimum absolute atomic E-state index is 0.130. The van der Waals surface area contributed by atoms with Crippen molar-refractivity contribution in [3.8, 4) is 0 Å². The molecule has 0 atom stereocenters. The van der Waals surface area contributed by atoms with Crippen LogP contribution in [0.2, 0.25) is 0 Å². The fourth-order valence-corrected chi connectivity index (χ4v) is 2.35. The van der Waals surface area contributed by atoms with Gasteiger partial charge in [-0.2, -0.15) is 0 Å². The van der Waals surface area contributed by atoms with E-state index in [4.69, 9.17) is 4.74 Å². The number of hydrogen-bond acceptors (Lipinski definition) is 6. The van der Waals surface area contributed by atoms with Crippen LogP contribution in [0.15, 0.2) is 42.5 Å². The monoisotopic (exact) mass is 372 g/mol. The van der Waals surface area contributed by atoms with E-state index in [1.54, 1.807) is 31.4 Å². The van der Waals surface area contributed by atoms with Gasteiger partial charge in [0, 0.05) is 49.8 Å². The molecule has 0 saturated carbocycles. The Morgan fingerprint density at radius 2 is 1.81 bits per heavy atom. The SMILES string of the molecule is COCCNc1ccc([N+](=O)[O-])cc1C(=O)Nc1cccc(NC(C)=O)c1. The van der Waals surface area contributed by atoms with Gasteiger partial charge in [0.15, 0.2) is 0 Å². The zero-order chi connectivity index (χ0) is 19.8. The van der Waals surface area contributed by atoms with Crippen molar-refractivity contribution in [2.75, 3.05) is 36.2 Å². The van der Waals surface area contributed by atoms with Crippen molar-refractivity contribution in [3.05, 3.63) is 58.1 Å². The van der Waals surface area contributed by atoms with E-state index in [1.807, 2.05) is 0 Å². The zero-order valence-corrected chi connectivity index (χ0v) is 14.9. The van der Waals surface area contributed by atoms with E-state index in [2.05, 4.69) is 16.0 Å². The number of nitrogens with one attached hydrogen (secondary N) is 3. The van der Waals surface area contributed by atoms with Gasteiger partial charge in [-0.1, -0.05) is 6.07 Å². The van der Waals surface area contributed by atoms with Crippen LogP contribution in [0.1, 0.15) is 17.3 Å². The van der Waals surface area contributed by atoms with Crippen molar-refractivity contribution >= 4 is 34.6 Å². The van der Waals surface area contributed by atoms with Crippen LogP contribution < -0.4 is 16.0 Å². The molecular weight excluding hydrogens is 352 g/mol. The van der Waals surface area contributed by atoms with Crippen molar-refractivity contribution in [2.45, 2.75) is 6.92 Å². The van der Waals surface area contributed by atoms with Gasteiger partial charge in [-0.15, -0.1) is 0 Å². The summed E-state index contributed by atoms with van der Waals surface area (Å²) in [6, 6.07) is 10.6. The first-order valence-electron chi connectivity index (χ1n) is 8.11. The number of rotatable bonds is 8. The second kappa shape index (κ2) is 9.30. The highest BCUT2D eigenvalue weighted by molar-refractivity contribution is 6.08. The molecule has 2 aromatic rings. The Kier molecular flexibility index (Phi) is 6.84. The average Bonchev–Trinajstić information content (AvgIpc) is 2.61. The lowest BCUT2D eigenvalue weighted by Crippen LogP contribution is -2.17. The number of non-ortho nitro benzene ring substituents is 1. The topological polar surface area (TPSA) is 123 Å². The molecule has 0 radical (unpaired) electrons. The van der Waals surface area contributed by atoms with Gasteiger partial charge in [0.2, 0.25) is 5.91 Å². The molecule has 0 fully saturated rings. The van der Waals surface area contributed by atoms with Crippen LogP contribution in [0.4, 0.5) is 22.7 Å². The molecular formula is C18H20N4O5. The number of nitro groups is 1. The molecule has 2 rings (SSSR count). The summed E-state index contributed by atoms with van der Waals surface area (Å²) in [7, 11) is 1.55. The number of methoxy groups -OCH3 is 1. The first-order valence-corrected chi connectivity index (χ1v) is 8.11. The molecule has 9 heteroatoms. The number of nitro benzene ring substituents is 1. The van der Waals surface area contributed by atoms with Gasteiger partial charge in [0.25, 0.3) is 11.6 Å². The van der Waals surface area contributed by atoms with Crippen molar-refractivity contribution in [1.82, 2.24) is 0 Å². The Morgan fingerprint density at radius 1 is 1.11 bits per heavy atom. The van der Waals surface area contributed by atoms with Crippen LogP contribution in [0.3, 0.4) is 0 Å². The smallest absolute Gasteiger partial charge is 0.270 e. The lowest BCUT2D eigenvalue weighted by atomic mass is 10.1. The van der Waals surface area contributed by atoms with Crippen LogP contribution in [-0.2, 0) is 9.53 Å². The van der Waals surface area contributed by atoms with Gasteiger partial charge < -0.3 is 20.7 Å². The van der Waals surface area contributed by atoms with E-state index in [0.29, 0.717) is 30.2 Å². The molecule has 0 aliphatic rings. The Hall–Kier alpha value is -3.46. The number of nitrogens with zero attached hydrogens (tertiary/aromatic N) is 1. The lowest BCUT2D eigenvalue weighted by Gasteiger charge is -2.13. The first kappa shape index (κ1) is 19.9. The van der Waals surface area contributed by atoms with Crippen molar-refractivity contribution < 1.29 is 19.2 Å². The number of benzene rings is 2. The standard InChI is InChI=1S/C18H20N4O5/c1-12(23)20-13-4-3-5-14(10-13)21-18(24)16-11-15(22(25)26)6-7-17(16)19-8-9-27-2/h3-7,10-11,19H,8-9H2,1-2H3,(H,20,23)(H,21,24).